The number of unbranched alkanes of at least 4 members (excludes halogenated alkanes) is 7. The van der Waals surface area contributed by atoms with Gasteiger partial charge in [-0.25, -0.2) is 0 Å². The summed E-state index contributed by atoms with van der Waals surface area (Å²) in [5.74, 6) is -0.665. The van der Waals surface area contributed by atoms with Crippen LogP contribution in [-0.2, 0) is 4.79 Å². The average Bonchev–Trinajstić information content (AvgIpc) is 3.20. The molecule has 1 N–H and O–H groups in total. The SMILES string of the molecule is CCCCCCCCCCN(CCC(=O)O)C1CC1. The molecule has 0 aromatic rings. The highest BCUT2D eigenvalue weighted by molar-refractivity contribution is 5.66. The molecule has 0 spiro atoms. The summed E-state index contributed by atoms with van der Waals surface area (Å²) in [6.45, 7) is 4.10. The standard InChI is InChI=1S/C16H31NO2/c1-2-3-4-5-6-7-8-9-13-17(15-10-11-15)14-12-16(18)19/h15H,2-14H2,1H3,(H,18,19). The zero-order valence-electron chi connectivity index (χ0n) is 12.6. The van der Waals surface area contributed by atoms with E-state index in [0.717, 1.165) is 13.1 Å². The van der Waals surface area contributed by atoms with Gasteiger partial charge in [-0.15, -0.1) is 0 Å². The molecule has 0 atom stereocenters. The Bertz CT molecular complexity index is 239. The Labute approximate surface area is 118 Å². The lowest BCUT2D eigenvalue weighted by Gasteiger charge is -2.20. The highest BCUT2D eigenvalue weighted by Crippen LogP contribution is 2.27. The maximum atomic E-state index is 10.6. The molecule has 1 saturated carbocycles. The monoisotopic (exact) mass is 269 g/mol. The van der Waals surface area contributed by atoms with Gasteiger partial charge in [-0.1, -0.05) is 51.9 Å². The molecule has 0 bridgehead atoms. The van der Waals surface area contributed by atoms with Crippen LogP contribution in [0.25, 0.3) is 0 Å². The second kappa shape index (κ2) is 10.2. The van der Waals surface area contributed by atoms with E-state index in [1.54, 1.807) is 0 Å². The van der Waals surface area contributed by atoms with Gasteiger partial charge in [-0.2, -0.15) is 0 Å². The van der Waals surface area contributed by atoms with Gasteiger partial charge in [0.2, 0.25) is 0 Å². The van der Waals surface area contributed by atoms with E-state index in [1.807, 2.05) is 0 Å². The highest BCUT2D eigenvalue weighted by atomic mass is 16.4. The summed E-state index contributed by atoms with van der Waals surface area (Å²) in [5.41, 5.74) is 0. The highest BCUT2D eigenvalue weighted by Gasteiger charge is 2.28. The zero-order chi connectivity index (χ0) is 13.9. The Hall–Kier alpha value is -0.570. The maximum absolute atomic E-state index is 10.6. The van der Waals surface area contributed by atoms with Crippen molar-refractivity contribution in [3.63, 3.8) is 0 Å². The molecular formula is C16H31NO2. The van der Waals surface area contributed by atoms with Crippen LogP contribution in [0.3, 0.4) is 0 Å². The van der Waals surface area contributed by atoms with E-state index in [-0.39, 0.29) is 0 Å². The molecule has 0 radical (unpaired) electrons. The van der Waals surface area contributed by atoms with Crippen LogP contribution in [0.5, 0.6) is 0 Å². The average molecular weight is 269 g/mol. The van der Waals surface area contributed by atoms with Gasteiger partial charge in [0.05, 0.1) is 6.42 Å². The summed E-state index contributed by atoms with van der Waals surface area (Å²) in [7, 11) is 0. The first-order valence-corrected chi connectivity index (χ1v) is 8.20. The van der Waals surface area contributed by atoms with Gasteiger partial charge in [0, 0.05) is 12.6 Å². The third kappa shape index (κ3) is 9.04. The Balaban J connectivity index is 1.94. The summed E-state index contributed by atoms with van der Waals surface area (Å²) in [6.07, 6.45) is 13.6. The molecule has 0 saturated heterocycles. The van der Waals surface area contributed by atoms with Crippen LogP contribution in [0.1, 0.15) is 77.6 Å². The molecule has 0 heterocycles. The van der Waals surface area contributed by atoms with Gasteiger partial charge in [-0.05, 0) is 25.8 Å². The van der Waals surface area contributed by atoms with Crippen LogP contribution in [0.2, 0.25) is 0 Å². The van der Waals surface area contributed by atoms with E-state index >= 15 is 0 Å². The molecule has 3 heteroatoms. The quantitative estimate of drug-likeness (QED) is 0.512. The topological polar surface area (TPSA) is 40.5 Å². The molecule has 1 fully saturated rings. The fourth-order valence-electron chi connectivity index (χ4n) is 2.60. The second-order valence-corrected chi connectivity index (χ2v) is 5.89. The zero-order valence-corrected chi connectivity index (χ0v) is 12.6. The van der Waals surface area contributed by atoms with Crippen molar-refractivity contribution in [1.82, 2.24) is 4.90 Å². The summed E-state index contributed by atoms with van der Waals surface area (Å²) >= 11 is 0. The number of rotatable bonds is 13. The van der Waals surface area contributed by atoms with Crippen molar-refractivity contribution in [2.24, 2.45) is 0 Å². The molecule has 3 nitrogen and oxygen atoms in total. The van der Waals surface area contributed by atoms with Gasteiger partial charge < -0.3 is 5.11 Å². The lowest BCUT2D eigenvalue weighted by molar-refractivity contribution is -0.137. The first kappa shape index (κ1) is 16.5. The number of carboxylic acids is 1. The minimum absolute atomic E-state index is 0.299. The maximum Gasteiger partial charge on any atom is 0.304 e. The number of aliphatic carboxylic acids is 1. The van der Waals surface area contributed by atoms with E-state index in [4.69, 9.17) is 5.11 Å². The first-order valence-electron chi connectivity index (χ1n) is 8.20. The van der Waals surface area contributed by atoms with Crippen molar-refractivity contribution in [3.05, 3.63) is 0 Å². The van der Waals surface area contributed by atoms with Crippen molar-refractivity contribution in [3.8, 4) is 0 Å². The van der Waals surface area contributed by atoms with Crippen LogP contribution < -0.4 is 0 Å². The molecule has 19 heavy (non-hydrogen) atoms. The molecule has 0 aliphatic heterocycles. The molecule has 1 aliphatic carbocycles. The smallest absolute Gasteiger partial charge is 0.304 e. The molecule has 0 unspecified atom stereocenters. The summed E-state index contributed by atoms with van der Waals surface area (Å²) in [5, 5.41) is 8.75. The Morgan fingerprint density at radius 1 is 1.00 bits per heavy atom. The number of carbonyl (C=O) groups is 1. The van der Waals surface area contributed by atoms with Crippen LogP contribution in [-0.4, -0.2) is 35.1 Å². The molecule has 0 aromatic carbocycles. The summed E-state index contributed by atoms with van der Waals surface area (Å²) in [4.78, 5) is 13.0. The van der Waals surface area contributed by atoms with Crippen LogP contribution >= 0.6 is 0 Å². The molecular weight excluding hydrogens is 238 g/mol. The molecule has 1 aliphatic rings. The third-order valence-electron chi connectivity index (χ3n) is 3.98. The van der Waals surface area contributed by atoms with Gasteiger partial charge in [-0.3, -0.25) is 9.69 Å². The molecule has 0 amide bonds. The number of hydrogen-bond acceptors (Lipinski definition) is 2. The number of hydrogen-bond donors (Lipinski definition) is 1. The van der Waals surface area contributed by atoms with Crippen LogP contribution in [0, 0.1) is 0 Å². The van der Waals surface area contributed by atoms with E-state index in [9.17, 15) is 4.79 Å². The molecule has 0 aromatic heterocycles. The normalized spacial score (nSPS) is 15.1. The summed E-state index contributed by atoms with van der Waals surface area (Å²) < 4.78 is 0. The van der Waals surface area contributed by atoms with Crippen molar-refractivity contribution in [2.45, 2.75) is 83.6 Å². The first-order chi connectivity index (χ1) is 9.24. The third-order valence-corrected chi connectivity index (χ3v) is 3.98. The lowest BCUT2D eigenvalue weighted by atomic mass is 10.1. The van der Waals surface area contributed by atoms with Gasteiger partial charge in [0.1, 0.15) is 0 Å². The minimum atomic E-state index is -0.665. The largest absolute Gasteiger partial charge is 0.481 e. The van der Waals surface area contributed by atoms with Crippen molar-refractivity contribution in [2.75, 3.05) is 13.1 Å². The van der Waals surface area contributed by atoms with Gasteiger partial charge in [0.15, 0.2) is 0 Å². The van der Waals surface area contributed by atoms with Crippen LogP contribution in [0.15, 0.2) is 0 Å². The second-order valence-electron chi connectivity index (χ2n) is 5.89. The van der Waals surface area contributed by atoms with Crippen molar-refractivity contribution in [1.29, 1.82) is 0 Å². The van der Waals surface area contributed by atoms with E-state index in [2.05, 4.69) is 11.8 Å². The predicted molar refractivity (Wildman–Crippen MR) is 79.5 cm³/mol. The molecule has 112 valence electrons. The Kier molecular flexibility index (Phi) is 8.89. The van der Waals surface area contributed by atoms with Crippen LogP contribution in [0.4, 0.5) is 0 Å². The van der Waals surface area contributed by atoms with Gasteiger partial charge >= 0.3 is 5.97 Å². The van der Waals surface area contributed by atoms with Crippen molar-refractivity contribution < 1.29 is 9.90 Å². The lowest BCUT2D eigenvalue weighted by Crippen LogP contribution is -2.29. The van der Waals surface area contributed by atoms with Crippen molar-refractivity contribution >= 4 is 5.97 Å². The van der Waals surface area contributed by atoms with E-state index in [0.29, 0.717) is 12.5 Å². The Morgan fingerprint density at radius 3 is 2.11 bits per heavy atom. The fraction of sp³-hybridized carbons (Fsp3) is 0.938. The Morgan fingerprint density at radius 2 is 1.58 bits per heavy atom. The van der Waals surface area contributed by atoms with E-state index < -0.39 is 5.97 Å². The number of nitrogens with zero attached hydrogens (tertiary/aromatic N) is 1. The van der Waals surface area contributed by atoms with E-state index in [1.165, 1.54) is 64.2 Å². The predicted octanol–water partition coefficient (Wildman–Crippen LogP) is 4.07. The number of carboxylic acid groups (broad SMARTS) is 1. The summed E-state index contributed by atoms with van der Waals surface area (Å²) in [6, 6.07) is 0.698. The minimum Gasteiger partial charge on any atom is -0.481 e. The fourth-order valence-corrected chi connectivity index (χ4v) is 2.60. The molecule has 1 rings (SSSR count). The van der Waals surface area contributed by atoms with Gasteiger partial charge in [0.25, 0.3) is 0 Å².